The highest BCUT2D eigenvalue weighted by Crippen LogP contribution is 2.36. The number of aromatic nitrogens is 2. The van der Waals surface area contributed by atoms with Gasteiger partial charge in [-0.3, -0.25) is 9.59 Å². The molecule has 0 saturated heterocycles. The highest BCUT2D eigenvalue weighted by Gasteiger charge is 2.26. The number of nitrogens with zero attached hydrogens (tertiary/aromatic N) is 2. The fraction of sp³-hybridized carbons (Fsp3) is 0.476. The summed E-state index contributed by atoms with van der Waals surface area (Å²) in [5.41, 5.74) is 5.06. The summed E-state index contributed by atoms with van der Waals surface area (Å²) in [6.07, 6.45) is 0.809. The zero-order valence-corrected chi connectivity index (χ0v) is 18.2. The van der Waals surface area contributed by atoms with Crippen LogP contribution in [0.15, 0.2) is 18.2 Å². The number of anilines is 1. The minimum atomic E-state index is -0.680. The highest BCUT2D eigenvalue weighted by atomic mass is 32.2. The van der Waals surface area contributed by atoms with Gasteiger partial charge < -0.3 is 15.4 Å². The van der Waals surface area contributed by atoms with Gasteiger partial charge in [0.15, 0.2) is 0 Å². The van der Waals surface area contributed by atoms with Crippen LogP contribution in [-0.2, 0) is 25.8 Å². The number of benzene rings is 1. The Hall–Kier alpha value is -2.32. The van der Waals surface area contributed by atoms with Crippen LogP contribution in [0.3, 0.4) is 0 Å². The first-order valence-electron chi connectivity index (χ1n) is 9.83. The molecule has 2 heterocycles. The van der Waals surface area contributed by atoms with Crippen molar-refractivity contribution < 1.29 is 14.3 Å². The zero-order valence-electron chi connectivity index (χ0n) is 17.4. The Morgan fingerprint density at radius 3 is 2.76 bits per heavy atom. The van der Waals surface area contributed by atoms with E-state index in [1.54, 1.807) is 16.4 Å². The normalized spacial score (nSPS) is 12.9. The van der Waals surface area contributed by atoms with Crippen molar-refractivity contribution in [3.63, 3.8) is 0 Å². The lowest BCUT2D eigenvalue weighted by molar-refractivity contribution is -0.136. The zero-order chi connectivity index (χ0) is 21.0. The van der Waals surface area contributed by atoms with E-state index in [1.165, 1.54) is 0 Å². The van der Waals surface area contributed by atoms with Crippen LogP contribution in [0.4, 0.5) is 5.82 Å². The molecule has 0 radical (unpaired) electrons. The summed E-state index contributed by atoms with van der Waals surface area (Å²) in [6, 6.07) is 6.08. The van der Waals surface area contributed by atoms with E-state index in [1.807, 2.05) is 39.8 Å². The number of rotatable bonds is 7. The molecule has 1 aliphatic rings. The standard InChI is InChI=1S/C21H28N4O3S/c1-13(2)28-9-5-8-22-20(26)21(27)23-19-16-11-29-12-17(16)24-25(19)18-7-6-14(3)10-15(18)4/h6-7,10,13H,5,8-9,11-12H2,1-4H3,(H,22,26)(H,23,27). The van der Waals surface area contributed by atoms with Crippen molar-refractivity contribution in [3.05, 3.63) is 40.6 Å². The lowest BCUT2D eigenvalue weighted by Gasteiger charge is -2.13. The minimum Gasteiger partial charge on any atom is -0.379 e. The molecular weight excluding hydrogens is 388 g/mol. The molecule has 8 heteroatoms. The van der Waals surface area contributed by atoms with E-state index in [4.69, 9.17) is 9.84 Å². The molecule has 156 valence electrons. The average molecular weight is 417 g/mol. The number of fused-ring (bicyclic) bond motifs is 1. The van der Waals surface area contributed by atoms with Gasteiger partial charge in [-0.1, -0.05) is 17.7 Å². The van der Waals surface area contributed by atoms with E-state index in [0.29, 0.717) is 25.4 Å². The molecule has 0 saturated carbocycles. The maximum atomic E-state index is 12.5. The minimum absolute atomic E-state index is 0.152. The summed E-state index contributed by atoms with van der Waals surface area (Å²) in [5, 5.41) is 10.1. The van der Waals surface area contributed by atoms with E-state index in [9.17, 15) is 9.59 Å². The van der Waals surface area contributed by atoms with Crippen LogP contribution in [0.25, 0.3) is 5.69 Å². The van der Waals surface area contributed by atoms with Gasteiger partial charge in [0.05, 0.1) is 17.5 Å². The predicted molar refractivity (Wildman–Crippen MR) is 115 cm³/mol. The molecule has 1 aromatic heterocycles. The van der Waals surface area contributed by atoms with Gasteiger partial charge in [-0.25, -0.2) is 4.68 Å². The summed E-state index contributed by atoms with van der Waals surface area (Å²) in [5.74, 6) is 0.824. The van der Waals surface area contributed by atoms with Crippen LogP contribution in [-0.4, -0.2) is 40.9 Å². The molecular formula is C21H28N4O3S. The molecule has 0 unspecified atom stereocenters. The van der Waals surface area contributed by atoms with Crippen LogP contribution in [0.5, 0.6) is 0 Å². The van der Waals surface area contributed by atoms with Crippen LogP contribution in [0.1, 0.15) is 42.7 Å². The molecule has 3 rings (SSSR count). The Morgan fingerprint density at radius 1 is 1.24 bits per heavy atom. The molecule has 0 spiro atoms. The third-order valence-corrected chi connectivity index (χ3v) is 5.60. The number of amides is 2. The topological polar surface area (TPSA) is 85.2 Å². The molecule has 2 N–H and O–H groups in total. The number of aryl methyl sites for hydroxylation is 2. The maximum Gasteiger partial charge on any atom is 0.314 e. The van der Waals surface area contributed by atoms with Gasteiger partial charge in [-0.15, -0.1) is 0 Å². The van der Waals surface area contributed by atoms with Crippen LogP contribution in [0.2, 0.25) is 0 Å². The average Bonchev–Trinajstić information content (AvgIpc) is 3.23. The first-order valence-corrected chi connectivity index (χ1v) is 11.0. The van der Waals surface area contributed by atoms with Gasteiger partial charge in [0.1, 0.15) is 5.82 Å². The maximum absolute atomic E-state index is 12.5. The predicted octanol–water partition coefficient (Wildman–Crippen LogP) is 3.11. The van der Waals surface area contributed by atoms with Crippen molar-refractivity contribution in [3.8, 4) is 5.69 Å². The lowest BCUT2D eigenvalue weighted by Crippen LogP contribution is -2.37. The summed E-state index contributed by atoms with van der Waals surface area (Å²) in [6.45, 7) is 8.91. The van der Waals surface area contributed by atoms with Gasteiger partial charge in [0, 0.05) is 30.2 Å². The van der Waals surface area contributed by atoms with E-state index in [0.717, 1.165) is 39.6 Å². The number of carbonyl (C=O) groups is 2. The molecule has 2 amide bonds. The number of nitrogens with one attached hydrogen (secondary N) is 2. The quantitative estimate of drug-likeness (QED) is 0.535. The van der Waals surface area contributed by atoms with Crippen molar-refractivity contribution in [2.45, 2.75) is 51.7 Å². The first-order chi connectivity index (χ1) is 13.9. The Labute approximate surface area is 175 Å². The SMILES string of the molecule is Cc1ccc(-n2nc3c(c2NC(=O)C(=O)NCCCOC(C)C)CSC3)c(C)c1. The van der Waals surface area contributed by atoms with E-state index in [-0.39, 0.29) is 6.10 Å². The third kappa shape index (κ3) is 5.19. The van der Waals surface area contributed by atoms with Crippen molar-refractivity contribution >= 4 is 29.4 Å². The molecule has 29 heavy (non-hydrogen) atoms. The number of ether oxygens (including phenoxy) is 1. The number of hydrogen-bond donors (Lipinski definition) is 2. The van der Waals surface area contributed by atoms with Crippen molar-refractivity contribution in [2.24, 2.45) is 0 Å². The molecule has 0 bridgehead atoms. The lowest BCUT2D eigenvalue weighted by atomic mass is 10.1. The van der Waals surface area contributed by atoms with E-state index < -0.39 is 11.8 Å². The summed E-state index contributed by atoms with van der Waals surface area (Å²) in [4.78, 5) is 24.7. The van der Waals surface area contributed by atoms with Crippen LogP contribution < -0.4 is 10.6 Å². The molecule has 0 aliphatic carbocycles. The van der Waals surface area contributed by atoms with Gasteiger partial charge >= 0.3 is 11.8 Å². The second-order valence-electron chi connectivity index (χ2n) is 7.45. The van der Waals surface area contributed by atoms with Gasteiger partial charge in [0.25, 0.3) is 0 Å². The molecule has 7 nitrogen and oxygen atoms in total. The van der Waals surface area contributed by atoms with E-state index >= 15 is 0 Å². The Bertz CT molecular complexity index is 908. The molecule has 1 aromatic carbocycles. The molecule has 0 atom stereocenters. The number of carbonyl (C=O) groups excluding carboxylic acids is 2. The largest absolute Gasteiger partial charge is 0.379 e. The third-order valence-electron chi connectivity index (χ3n) is 4.63. The second kappa shape index (κ2) is 9.45. The van der Waals surface area contributed by atoms with Crippen molar-refractivity contribution in [2.75, 3.05) is 18.5 Å². The highest BCUT2D eigenvalue weighted by molar-refractivity contribution is 7.98. The molecule has 1 aliphatic heterocycles. The Balaban J connectivity index is 1.71. The van der Waals surface area contributed by atoms with Crippen LogP contribution in [0, 0.1) is 13.8 Å². The molecule has 2 aromatic rings. The Kier molecular flexibility index (Phi) is 6.97. The second-order valence-corrected chi connectivity index (χ2v) is 8.44. The summed E-state index contributed by atoms with van der Waals surface area (Å²) >= 11 is 1.75. The first kappa shape index (κ1) is 21.4. The van der Waals surface area contributed by atoms with E-state index in [2.05, 4.69) is 16.7 Å². The smallest absolute Gasteiger partial charge is 0.314 e. The summed E-state index contributed by atoms with van der Waals surface area (Å²) < 4.78 is 7.19. The fourth-order valence-electron chi connectivity index (χ4n) is 3.20. The summed E-state index contributed by atoms with van der Waals surface area (Å²) in [7, 11) is 0. The van der Waals surface area contributed by atoms with Crippen molar-refractivity contribution in [1.82, 2.24) is 15.1 Å². The van der Waals surface area contributed by atoms with Gasteiger partial charge in [-0.05, 0) is 45.7 Å². The van der Waals surface area contributed by atoms with Crippen LogP contribution >= 0.6 is 11.8 Å². The van der Waals surface area contributed by atoms with Gasteiger partial charge in [-0.2, -0.15) is 16.9 Å². The monoisotopic (exact) mass is 416 g/mol. The number of thioether (sulfide) groups is 1. The van der Waals surface area contributed by atoms with Gasteiger partial charge in [0.2, 0.25) is 0 Å². The van der Waals surface area contributed by atoms with Crippen molar-refractivity contribution in [1.29, 1.82) is 0 Å². The Morgan fingerprint density at radius 2 is 2.03 bits per heavy atom. The fourth-order valence-corrected chi connectivity index (χ4v) is 4.23. The molecule has 0 fully saturated rings. The number of hydrogen-bond acceptors (Lipinski definition) is 5.